The zero-order chi connectivity index (χ0) is 20.9. The Morgan fingerprint density at radius 3 is 2.10 bits per heavy atom. The van der Waals surface area contributed by atoms with Gasteiger partial charge in [0, 0.05) is 0 Å². The molecule has 0 radical (unpaired) electrons. The topological polar surface area (TPSA) is 120 Å². The first kappa shape index (κ1) is 20.1. The van der Waals surface area contributed by atoms with Gasteiger partial charge in [0.25, 0.3) is 10.0 Å². The lowest BCUT2D eigenvalue weighted by atomic mass is 10.1. The van der Waals surface area contributed by atoms with Gasteiger partial charge in [-0.25, -0.2) is 17.9 Å². The second-order valence-electron chi connectivity index (χ2n) is 5.73. The number of aromatic nitrogens is 2. The second-order valence-corrected chi connectivity index (χ2v) is 7.41. The molecule has 3 aromatic rings. The van der Waals surface area contributed by atoms with Crippen molar-refractivity contribution in [2.24, 2.45) is 0 Å². The van der Waals surface area contributed by atoms with Crippen molar-refractivity contribution in [3.63, 3.8) is 0 Å². The molecule has 2 amide bonds. The van der Waals surface area contributed by atoms with E-state index in [1.54, 1.807) is 12.1 Å². The minimum absolute atomic E-state index is 0.0573. The molecule has 0 fully saturated rings. The molecule has 0 aliphatic carbocycles. The van der Waals surface area contributed by atoms with Gasteiger partial charge in [-0.05, 0) is 23.3 Å². The summed E-state index contributed by atoms with van der Waals surface area (Å²) >= 11 is 0. The van der Waals surface area contributed by atoms with Gasteiger partial charge in [-0.3, -0.25) is 5.32 Å². The molecule has 150 valence electrons. The Morgan fingerprint density at radius 2 is 1.48 bits per heavy atom. The number of benzene rings is 2. The third kappa shape index (κ3) is 4.99. The molecular formula is C19H18N4O5S. The van der Waals surface area contributed by atoms with Crippen LogP contribution in [0.1, 0.15) is 0 Å². The maximum absolute atomic E-state index is 12.6. The highest BCUT2D eigenvalue weighted by molar-refractivity contribution is 7.90. The summed E-state index contributed by atoms with van der Waals surface area (Å²) in [5.41, 5.74) is 1.56. The molecule has 0 unspecified atom stereocenters. The molecule has 10 heteroatoms. The molecule has 0 aliphatic heterocycles. The van der Waals surface area contributed by atoms with Gasteiger partial charge in [-0.15, -0.1) is 0 Å². The fraction of sp³-hybridized carbons (Fsp3) is 0.105. The van der Waals surface area contributed by atoms with Gasteiger partial charge in [0.05, 0.1) is 25.2 Å². The Kier molecular flexibility index (Phi) is 5.93. The van der Waals surface area contributed by atoms with Crippen molar-refractivity contribution in [3.8, 4) is 22.9 Å². The zero-order valence-corrected chi connectivity index (χ0v) is 16.4. The van der Waals surface area contributed by atoms with Crippen molar-refractivity contribution in [2.45, 2.75) is 4.90 Å². The summed E-state index contributed by atoms with van der Waals surface area (Å²) in [7, 11) is -1.35. The minimum Gasteiger partial charge on any atom is -0.481 e. The molecule has 0 saturated carbocycles. The fourth-order valence-corrected chi connectivity index (χ4v) is 3.40. The standard InChI is InChI=1S/C19H18N4O5S/c1-27-16-12-17(28-2)21-18(20-16)22-19(24)23-29(25,26)15-10-6-9-14(11-15)13-7-4-3-5-8-13/h3-12H,1-2H3,(H2,20,21,22,23,24). The van der Waals surface area contributed by atoms with E-state index < -0.39 is 16.1 Å². The van der Waals surface area contributed by atoms with Crippen LogP contribution in [0.15, 0.2) is 65.6 Å². The molecule has 0 bridgehead atoms. The summed E-state index contributed by atoms with van der Waals surface area (Å²) in [5, 5.41) is 2.25. The van der Waals surface area contributed by atoms with Crippen molar-refractivity contribution in [1.82, 2.24) is 14.7 Å². The quantitative estimate of drug-likeness (QED) is 0.636. The lowest BCUT2D eigenvalue weighted by Gasteiger charge is -2.10. The van der Waals surface area contributed by atoms with Crippen LogP contribution in [-0.4, -0.2) is 38.6 Å². The molecule has 9 nitrogen and oxygen atoms in total. The number of urea groups is 1. The number of rotatable bonds is 6. The highest BCUT2D eigenvalue weighted by Crippen LogP contribution is 2.22. The van der Waals surface area contributed by atoms with Crippen LogP contribution < -0.4 is 19.5 Å². The Balaban J connectivity index is 1.78. The van der Waals surface area contributed by atoms with E-state index in [0.29, 0.717) is 5.56 Å². The molecule has 0 saturated heterocycles. The number of nitrogens with one attached hydrogen (secondary N) is 2. The highest BCUT2D eigenvalue weighted by atomic mass is 32.2. The van der Waals surface area contributed by atoms with Crippen LogP contribution in [0.5, 0.6) is 11.8 Å². The van der Waals surface area contributed by atoms with Crippen LogP contribution >= 0.6 is 0 Å². The molecule has 29 heavy (non-hydrogen) atoms. The third-order valence-corrected chi connectivity index (χ3v) is 5.13. The van der Waals surface area contributed by atoms with E-state index in [0.717, 1.165) is 5.56 Å². The van der Waals surface area contributed by atoms with E-state index in [4.69, 9.17) is 9.47 Å². The number of carbonyl (C=O) groups excluding carboxylic acids is 1. The van der Waals surface area contributed by atoms with Gasteiger partial charge in [0.15, 0.2) is 0 Å². The number of amides is 2. The van der Waals surface area contributed by atoms with Gasteiger partial charge in [-0.2, -0.15) is 9.97 Å². The lowest BCUT2D eigenvalue weighted by Crippen LogP contribution is -2.34. The zero-order valence-electron chi connectivity index (χ0n) is 15.6. The van der Waals surface area contributed by atoms with Gasteiger partial charge >= 0.3 is 6.03 Å². The third-order valence-electron chi connectivity index (χ3n) is 3.80. The van der Waals surface area contributed by atoms with Gasteiger partial charge in [0.2, 0.25) is 17.7 Å². The first-order valence-corrected chi connectivity index (χ1v) is 9.86. The lowest BCUT2D eigenvalue weighted by molar-refractivity contribution is 0.256. The van der Waals surface area contributed by atoms with Crippen LogP contribution in [0.4, 0.5) is 10.7 Å². The molecule has 2 aromatic carbocycles. The number of anilines is 1. The van der Waals surface area contributed by atoms with Crippen LogP contribution in [0.2, 0.25) is 0 Å². The van der Waals surface area contributed by atoms with Crippen LogP contribution in [0.25, 0.3) is 11.1 Å². The fourth-order valence-electron chi connectivity index (χ4n) is 2.45. The molecule has 3 rings (SSSR count). The Bertz CT molecular complexity index is 1100. The molecular weight excluding hydrogens is 396 g/mol. The maximum atomic E-state index is 12.6. The van der Waals surface area contributed by atoms with E-state index >= 15 is 0 Å². The SMILES string of the molecule is COc1cc(OC)nc(NC(=O)NS(=O)(=O)c2cccc(-c3ccccc3)c2)n1. The summed E-state index contributed by atoms with van der Waals surface area (Å²) in [5.74, 6) is 0.114. The van der Waals surface area contributed by atoms with Crippen LogP contribution in [0, 0.1) is 0 Å². The summed E-state index contributed by atoms with van der Waals surface area (Å²) in [6.07, 6.45) is 0. The molecule has 1 heterocycles. The highest BCUT2D eigenvalue weighted by Gasteiger charge is 2.19. The van der Waals surface area contributed by atoms with Crippen molar-refractivity contribution in [3.05, 3.63) is 60.7 Å². The Labute approximate surface area is 167 Å². The monoisotopic (exact) mass is 414 g/mol. The Morgan fingerprint density at radius 1 is 0.862 bits per heavy atom. The van der Waals surface area contributed by atoms with Crippen molar-refractivity contribution < 1.29 is 22.7 Å². The van der Waals surface area contributed by atoms with E-state index in [9.17, 15) is 13.2 Å². The predicted molar refractivity (Wildman–Crippen MR) is 106 cm³/mol. The van der Waals surface area contributed by atoms with Gasteiger partial charge in [0.1, 0.15) is 0 Å². The van der Waals surface area contributed by atoms with Crippen molar-refractivity contribution in [1.29, 1.82) is 0 Å². The van der Waals surface area contributed by atoms with Crippen molar-refractivity contribution >= 4 is 22.0 Å². The molecule has 0 spiro atoms. The van der Waals surface area contributed by atoms with Gasteiger partial charge in [-0.1, -0.05) is 42.5 Å². The summed E-state index contributed by atoms with van der Waals surface area (Å²) < 4.78 is 37.1. The summed E-state index contributed by atoms with van der Waals surface area (Å²) in [6, 6.07) is 15.9. The van der Waals surface area contributed by atoms with E-state index in [1.165, 1.54) is 32.4 Å². The molecule has 2 N–H and O–H groups in total. The Hall–Kier alpha value is -3.66. The number of sulfonamides is 1. The normalized spacial score (nSPS) is 10.8. The van der Waals surface area contributed by atoms with Gasteiger partial charge < -0.3 is 9.47 Å². The number of carbonyl (C=O) groups is 1. The summed E-state index contributed by atoms with van der Waals surface area (Å²) in [6.45, 7) is 0. The predicted octanol–water partition coefficient (Wildman–Crippen LogP) is 2.67. The molecule has 0 atom stereocenters. The van der Waals surface area contributed by atoms with E-state index in [1.807, 2.05) is 35.1 Å². The largest absolute Gasteiger partial charge is 0.481 e. The minimum atomic E-state index is -4.12. The second kappa shape index (κ2) is 8.57. The average molecular weight is 414 g/mol. The first-order valence-electron chi connectivity index (χ1n) is 8.37. The maximum Gasteiger partial charge on any atom is 0.335 e. The smallest absolute Gasteiger partial charge is 0.335 e. The van der Waals surface area contributed by atoms with Crippen LogP contribution in [-0.2, 0) is 10.0 Å². The number of hydrogen-bond donors (Lipinski definition) is 2. The average Bonchev–Trinajstić information content (AvgIpc) is 2.73. The number of ether oxygens (including phenoxy) is 2. The van der Waals surface area contributed by atoms with E-state index in [-0.39, 0.29) is 22.6 Å². The number of hydrogen-bond acceptors (Lipinski definition) is 7. The first-order chi connectivity index (χ1) is 13.9. The molecule has 1 aromatic heterocycles. The van der Waals surface area contributed by atoms with E-state index in [2.05, 4.69) is 15.3 Å². The van der Waals surface area contributed by atoms with Crippen molar-refractivity contribution in [2.75, 3.05) is 19.5 Å². The molecule has 0 aliphatic rings. The van der Waals surface area contributed by atoms with Crippen LogP contribution in [0.3, 0.4) is 0 Å². The number of methoxy groups -OCH3 is 2. The summed E-state index contributed by atoms with van der Waals surface area (Å²) in [4.78, 5) is 20.0. The number of nitrogens with zero attached hydrogens (tertiary/aromatic N) is 2.